The molecule has 0 radical (unpaired) electrons. The first-order valence-electron chi connectivity index (χ1n) is 6.36. The second-order valence-corrected chi connectivity index (χ2v) is 4.36. The van der Waals surface area contributed by atoms with Crippen molar-refractivity contribution in [1.29, 1.82) is 0 Å². The van der Waals surface area contributed by atoms with Gasteiger partial charge in [0, 0.05) is 37.1 Å². The third kappa shape index (κ3) is 3.63. The van der Waals surface area contributed by atoms with E-state index in [-0.39, 0.29) is 11.4 Å². The van der Waals surface area contributed by atoms with Crippen LogP contribution in [0.3, 0.4) is 0 Å². The summed E-state index contributed by atoms with van der Waals surface area (Å²) in [5, 5.41) is 16.9. The quantitative estimate of drug-likeness (QED) is 0.317. The van der Waals surface area contributed by atoms with E-state index < -0.39 is 4.92 Å². The lowest BCUT2D eigenvalue weighted by Gasteiger charge is -2.06. The maximum Gasteiger partial charge on any atom is 0.292 e. The van der Waals surface area contributed by atoms with E-state index in [0.29, 0.717) is 23.6 Å². The van der Waals surface area contributed by atoms with Crippen molar-refractivity contribution in [2.45, 2.75) is 0 Å². The summed E-state index contributed by atoms with van der Waals surface area (Å²) in [4.78, 5) is 18.7. The van der Waals surface area contributed by atoms with Crippen LogP contribution in [-0.2, 0) is 0 Å². The summed E-state index contributed by atoms with van der Waals surface area (Å²) in [5.41, 5.74) is 6.93. The van der Waals surface area contributed by atoms with Crippen molar-refractivity contribution in [1.82, 2.24) is 15.3 Å². The average molecular weight is 288 g/mol. The number of hydrogen-bond acceptors (Lipinski definition) is 7. The molecule has 8 heteroatoms. The lowest BCUT2D eigenvalue weighted by atomic mass is 10.1. The summed E-state index contributed by atoms with van der Waals surface area (Å²) in [6, 6.07) is 4.63. The summed E-state index contributed by atoms with van der Waals surface area (Å²) < 4.78 is 0. The Morgan fingerprint density at radius 1 is 1.24 bits per heavy atom. The Morgan fingerprint density at radius 2 is 1.95 bits per heavy atom. The van der Waals surface area contributed by atoms with Crippen LogP contribution in [0.4, 0.5) is 17.3 Å². The standard InChI is InChI=1S/C13H16N6O2/c1-15-4-5-16-13-17-7-10(8-18-13)9-2-3-11(14)12(6-9)19(20)21/h2-3,6-8,15H,4-5,14H2,1H3,(H,16,17,18). The summed E-state index contributed by atoms with van der Waals surface area (Å²) in [6.07, 6.45) is 3.23. The van der Waals surface area contributed by atoms with Crippen LogP contribution in [0.1, 0.15) is 0 Å². The maximum absolute atomic E-state index is 10.9. The highest BCUT2D eigenvalue weighted by Crippen LogP contribution is 2.28. The van der Waals surface area contributed by atoms with E-state index in [9.17, 15) is 10.1 Å². The number of nitrogens with one attached hydrogen (secondary N) is 2. The fourth-order valence-corrected chi connectivity index (χ4v) is 1.75. The predicted molar refractivity (Wildman–Crippen MR) is 81.0 cm³/mol. The topological polar surface area (TPSA) is 119 Å². The van der Waals surface area contributed by atoms with E-state index >= 15 is 0 Å². The summed E-state index contributed by atoms with van der Waals surface area (Å²) in [5.74, 6) is 0.513. The SMILES string of the molecule is CNCCNc1ncc(-c2ccc(N)c([N+](=O)[O-])c2)cn1. The molecule has 0 bridgehead atoms. The molecule has 0 aliphatic rings. The number of nitro benzene ring substituents is 1. The number of nitro groups is 1. The highest BCUT2D eigenvalue weighted by atomic mass is 16.6. The summed E-state index contributed by atoms with van der Waals surface area (Å²) in [6.45, 7) is 1.51. The molecule has 110 valence electrons. The van der Waals surface area contributed by atoms with Gasteiger partial charge in [0.2, 0.25) is 5.95 Å². The van der Waals surface area contributed by atoms with Gasteiger partial charge < -0.3 is 16.4 Å². The molecule has 1 heterocycles. The molecule has 0 fully saturated rings. The van der Waals surface area contributed by atoms with Crippen LogP contribution in [0.2, 0.25) is 0 Å². The first-order valence-corrected chi connectivity index (χ1v) is 6.36. The number of likely N-dealkylation sites (N-methyl/N-ethyl adjacent to an activating group) is 1. The Hall–Kier alpha value is -2.74. The zero-order chi connectivity index (χ0) is 15.2. The minimum Gasteiger partial charge on any atom is -0.393 e. The Kier molecular flexibility index (Phi) is 4.62. The number of anilines is 2. The van der Waals surface area contributed by atoms with Gasteiger partial charge in [-0.15, -0.1) is 0 Å². The van der Waals surface area contributed by atoms with Gasteiger partial charge in [-0.3, -0.25) is 10.1 Å². The van der Waals surface area contributed by atoms with Gasteiger partial charge in [-0.2, -0.15) is 0 Å². The van der Waals surface area contributed by atoms with Crippen LogP contribution in [0, 0.1) is 10.1 Å². The molecule has 0 saturated carbocycles. The van der Waals surface area contributed by atoms with Gasteiger partial charge in [-0.25, -0.2) is 9.97 Å². The van der Waals surface area contributed by atoms with Crippen molar-refractivity contribution in [2.75, 3.05) is 31.2 Å². The summed E-state index contributed by atoms with van der Waals surface area (Å²) >= 11 is 0. The van der Waals surface area contributed by atoms with Crippen LogP contribution >= 0.6 is 0 Å². The molecule has 0 aliphatic heterocycles. The van der Waals surface area contributed by atoms with Crippen molar-refractivity contribution < 1.29 is 4.92 Å². The molecule has 8 nitrogen and oxygen atoms in total. The molecule has 1 aromatic heterocycles. The van der Waals surface area contributed by atoms with Gasteiger partial charge >= 0.3 is 0 Å². The smallest absolute Gasteiger partial charge is 0.292 e. The number of hydrogen-bond donors (Lipinski definition) is 3. The Balaban J connectivity index is 2.18. The van der Waals surface area contributed by atoms with Gasteiger partial charge in [0.25, 0.3) is 5.69 Å². The summed E-state index contributed by atoms with van der Waals surface area (Å²) in [7, 11) is 1.86. The molecule has 0 unspecified atom stereocenters. The molecule has 0 saturated heterocycles. The van der Waals surface area contributed by atoms with E-state index in [1.165, 1.54) is 12.1 Å². The molecule has 2 aromatic rings. The predicted octanol–water partition coefficient (Wildman–Crippen LogP) is 1.27. The number of nitrogens with zero attached hydrogens (tertiary/aromatic N) is 3. The molecular weight excluding hydrogens is 272 g/mol. The Bertz CT molecular complexity index is 629. The molecule has 21 heavy (non-hydrogen) atoms. The zero-order valence-corrected chi connectivity index (χ0v) is 11.5. The minimum atomic E-state index is -0.507. The van der Waals surface area contributed by atoms with Crippen LogP contribution in [0.5, 0.6) is 0 Å². The third-order valence-electron chi connectivity index (χ3n) is 2.87. The van der Waals surface area contributed by atoms with Crippen LogP contribution in [-0.4, -0.2) is 35.0 Å². The van der Waals surface area contributed by atoms with Gasteiger partial charge in [0.05, 0.1) is 4.92 Å². The Labute approximate surface area is 121 Å². The average Bonchev–Trinajstić information content (AvgIpc) is 2.48. The van der Waals surface area contributed by atoms with Crippen LogP contribution < -0.4 is 16.4 Å². The monoisotopic (exact) mass is 288 g/mol. The fourth-order valence-electron chi connectivity index (χ4n) is 1.75. The maximum atomic E-state index is 10.9. The highest BCUT2D eigenvalue weighted by Gasteiger charge is 2.13. The van der Waals surface area contributed by atoms with Gasteiger partial charge in [0.1, 0.15) is 5.69 Å². The second kappa shape index (κ2) is 6.62. The molecule has 4 N–H and O–H groups in total. The Morgan fingerprint density at radius 3 is 2.57 bits per heavy atom. The largest absolute Gasteiger partial charge is 0.393 e. The first-order chi connectivity index (χ1) is 10.1. The number of rotatable bonds is 6. The van der Waals surface area contributed by atoms with Crippen molar-refractivity contribution in [3.8, 4) is 11.1 Å². The molecular formula is C13H16N6O2. The van der Waals surface area contributed by atoms with Crippen LogP contribution in [0.25, 0.3) is 11.1 Å². The number of benzene rings is 1. The van der Waals surface area contributed by atoms with E-state index in [2.05, 4.69) is 20.6 Å². The lowest BCUT2D eigenvalue weighted by molar-refractivity contribution is -0.383. The fraction of sp³-hybridized carbons (Fsp3) is 0.231. The van der Waals surface area contributed by atoms with E-state index in [1.54, 1.807) is 18.5 Å². The number of nitrogen functional groups attached to an aromatic ring is 1. The van der Waals surface area contributed by atoms with E-state index in [1.807, 2.05) is 7.05 Å². The van der Waals surface area contributed by atoms with Crippen molar-refractivity contribution in [3.05, 3.63) is 40.7 Å². The molecule has 1 aromatic carbocycles. The van der Waals surface area contributed by atoms with Gasteiger partial charge in [-0.05, 0) is 18.7 Å². The van der Waals surface area contributed by atoms with Crippen LogP contribution in [0.15, 0.2) is 30.6 Å². The lowest BCUT2D eigenvalue weighted by Crippen LogP contribution is -2.18. The van der Waals surface area contributed by atoms with Crippen molar-refractivity contribution in [3.63, 3.8) is 0 Å². The first kappa shape index (κ1) is 14.7. The van der Waals surface area contributed by atoms with E-state index in [4.69, 9.17) is 5.73 Å². The highest BCUT2D eigenvalue weighted by molar-refractivity contribution is 5.71. The third-order valence-corrected chi connectivity index (χ3v) is 2.87. The molecule has 0 atom stereocenters. The number of aromatic nitrogens is 2. The van der Waals surface area contributed by atoms with Crippen molar-refractivity contribution >= 4 is 17.3 Å². The number of nitrogens with two attached hydrogens (primary N) is 1. The molecule has 2 rings (SSSR count). The van der Waals surface area contributed by atoms with Gasteiger partial charge in [0.15, 0.2) is 0 Å². The van der Waals surface area contributed by atoms with Crippen molar-refractivity contribution in [2.24, 2.45) is 0 Å². The molecule has 0 aliphatic carbocycles. The van der Waals surface area contributed by atoms with E-state index in [0.717, 1.165) is 6.54 Å². The zero-order valence-electron chi connectivity index (χ0n) is 11.5. The molecule has 0 spiro atoms. The minimum absolute atomic E-state index is 0.122. The van der Waals surface area contributed by atoms with Gasteiger partial charge in [-0.1, -0.05) is 6.07 Å². The normalized spacial score (nSPS) is 10.3. The molecule has 0 amide bonds. The second-order valence-electron chi connectivity index (χ2n) is 4.36.